The molecule has 4 heteroatoms. The summed E-state index contributed by atoms with van der Waals surface area (Å²) in [4.78, 5) is 13.4. The molecule has 0 aromatic heterocycles. The lowest BCUT2D eigenvalue weighted by Gasteiger charge is -2.48. The van der Waals surface area contributed by atoms with E-state index < -0.39 is 5.97 Å². The summed E-state index contributed by atoms with van der Waals surface area (Å²) in [7, 11) is 1.70. The van der Waals surface area contributed by atoms with Crippen molar-refractivity contribution in [2.45, 2.75) is 38.6 Å². The molecule has 3 aromatic carbocycles. The van der Waals surface area contributed by atoms with E-state index in [0.29, 0.717) is 5.92 Å². The molecule has 1 atom stereocenters. The predicted molar refractivity (Wildman–Crippen MR) is 134 cm³/mol. The lowest BCUT2D eigenvalue weighted by molar-refractivity contribution is -0.131. The number of benzene rings is 3. The number of hydrogen-bond donors (Lipinski definition) is 1. The van der Waals surface area contributed by atoms with Crippen LogP contribution >= 0.6 is 0 Å². The molecule has 33 heavy (non-hydrogen) atoms. The van der Waals surface area contributed by atoms with Crippen LogP contribution in [0.3, 0.4) is 0 Å². The normalized spacial score (nSPS) is 17.9. The number of hydrogen-bond acceptors (Lipinski definition) is 3. The van der Waals surface area contributed by atoms with Gasteiger partial charge in [0, 0.05) is 18.3 Å². The Bertz CT molecular complexity index is 1160. The van der Waals surface area contributed by atoms with E-state index in [2.05, 4.69) is 74.2 Å². The van der Waals surface area contributed by atoms with Gasteiger partial charge >= 0.3 is 5.97 Å². The summed E-state index contributed by atoms with van der Waals surface area (Å²) in [6.07, 6.45) is 3.73. The van der Waals surface area contributed by atoms with Gasteiger partial charge in [-0.1, -0.05) is 56.3 Å². The fourth-order valence-electron chi connectivity index (χ4n) is 4.80. The molecule has 1 aliphatic rings. The molecule has 1 heterocycles. The van der Waals surface area contributed by atoms with Crippen LogP contribution in [0, 0.1) is 0 Å². The van der Waals surface area contributed by atoms with Gasteiger partial charge in [-0.2, -0.15) is 0 Å². The van der Waals surface area contributed by atoms with Crippen LogP contribution in [0.15, 0.2) is 72.8 Å². The molecule has 0 fully saturated rings. The first-order valence-corrected chi connectivity index (χ1v) is 11.4. The molecular formula is C29H31NO3. The van der Waals surface area contributed by atoms with Crippen molar-refractivity contribution < 1.29 is 14.6 Å². The van der Waals surface area contributed by atoms with Crippen molar-refractivity contribution in [2.24, 2.45) is 0 Å². The van der Waals surface area contributed by atoms with Gasteiger partial charge in [-0.15, -0.1) is 0 Å². The first kappa shape index (κ1) is 22.7. The van der Waals surface area contributed by atoms with E-state index in [1.54, 1.807) is 13.2 Å². The Morgan fingerprint density at radius 2 is 1.76 bits per heavy atom. The zero-order valence-corrected chi connectivity index (χ0v) is 19.7. The maximum atomic E-state index is 10.9. The Kier molecular flexibility index (Phi) is 6.28. The van der Waals surface area contributed by atoms with Gasteiger partial charge in [0.15, 0.2) is 0 Å². The Hall–Kier alpha value is -3.53. The second-order valence-electron chi connectivity index (χ2n) is 9.04. The molecular weight excluding hydrogens is 410 g/mol. The van der Waals surface area contributed by atoms with Gasteiger partial charge in [0.2, 0.25) is 0 Å². The van der Waals surface area contributed by atoms with Gasteiger partial charge < -0.3 is 14.7 Å². The molecule has 1 unspecified atom stereocenters. The maximum absolute atomic E-state index is 10.9. The van der Waals surface area contributed by atoms with Crippen LogP contribution < -0.4 is 9.64 Å². The standard InChI is InChI=1S/C29H31NO3/c1-20(2)22-8-12-25(13-9-22)30-18-17-23-19-26(33-4)14-15-27(23)29(30,3)24-10-5-21(6-11-24)7-16-28(31)32/h5-16,19-20H,17-18H2,1-4H3,(H,31,32). The van der Waals surface area contributed by atoms with Gasteiger partial charge in [0.25, 0.3) is 0 Å². The van der Waals surface area contributed by atoms with Crippen molar-refractivity contribution in [3.8, 4) is 5.75 Å². The average molecular weight is 442 g/mol. The highest BCUT2D eigenvalue weighted by Gasteiger charge is 2.40. The quantitative estimate of drug-likeness (QED) is 0.460. The first-order valence-electron chi connectivity index (χ1n) is 11.4. The van der Waals surface area contributed by atoms with E-state index in [1.165, 1.54) is 28.5 Å². The zero-order chi connectivity index (χ0) is 23.6. The summed E-state index contributed by atoms with van der Waals surface area (Å²) < 4.78 is 5.49. The van der Waals surface area contributed by atoms with Crippen LogP contribution in [-0.4, -0.2) is 24.7 Å². The van der Waals surface area contributed by atoms with E-state index in [4.69, 9.17) is 9.84 Å². The summed E-state index contributed by atoms with van der Waals surface area (Å²) in [6, 6.07) is 23.5. The van der Waals surface area contributed by atoms with Gasteiger partial charge in [0.1, 0.15) is 5.75 Å². The number of aliphatic carboxylic acids is 1. The minimum Gasteiger partial charge on any atom is -0.497 e. The first-order chi connectivity index (χ1) is 15.8. The SMILES string of the molecule is COc1ccc2c(c1)CCN(c1ccc(C(C)C)cc1)C2(C)c1ccc(C=CC(=O)O)cc1. The smallest absolute Gasteiger partial charge is 0.328 e. The molecule has 1 N–H and O–H groups in total. The summed E-state index contributed by atoms with van der Waals surface area (Å²) >= 11 is 0. The van der Waals surface area contributed by atoms with Gasteiger partial charge in [-0.3, -0.25) is 0 Å². The van der Waals surface area contributed by atoms with Crippen LogP contribution in [0.5, 0.6) is 5.75 Å². The summed E-state index contributed by atoms with van der Waals surface area (Å²) in [6.45, 7) is 7.59. The molecule has 4 rings (SSSR count). The molecule has 3 aromatic rings. The molecule has 0 bridgehead atoms. The average Bonchev–Trinajstić information content (AvgIpc) is 2.83. The van der Waals surface area contributed by atoms with E-state index in [9.17, 15) is 4.79 Å². The molecule has 0 amide bonds. The van der Waals surface area contributed by atoms with Crippen LogP contribution in [0.1, 0.15) is 54.5 Å². The van der Waals surface area contributed by atoms with Crippen LogP contribution in [0.4, 0.5) is 5.69 Å². The third-order valence-corrected chi connectivity index (χ3v) is 6.74. The largest absolute Gasteiger partial charge is 0.497 e. The zero-order valence-electron chi connectivity index (χ0n) is 19.7. The Morgan fingerprint density at radius 3 is 2.36 bits per heavy atom. The van der Waals surface area contributed by atoms with Crippen molar-refractivity contribution in [1.82, 2.24) is 0 Å². The minimum absolute atomic E-state index is 0.381. The van der Waals surface area contributed by atoms with Crippen molar-refractivity contribution in [1.29, 1.82) is 0 Å². The minimum atomic E-state index is -0.947. The second kappa shape index (κ2) is 9.14. The number of anilines is 1. The van der Waals surface area contributed by atoms with Crippen molar-refractivity contribution in [3.63, 3.8) is 0 Å². The number of ether oxygens (including phenoxy) is 1. The number of carboxylic acid groups (broad SMARTS) is 1. The van der Waals surface area contributed by atoms with Crippen LogP contribution in [0.25, 0.3) is 6.08 Å². The summed E-state index contributed by atoms with van der Waals surface area (Å²) in [5.41, 5.74) is 6.72. The fraction of sp³-hybridized carbons (Fsp3) is 0.276. The monoisotopic (exact) mass is 441 g/mol. The Balaban J connectivity index is 1.82. The number of rotatable bonds is 6. The van der Waals surface area contributed by atoms with E-state index >= 15 is 0 Å². The predicted octanol–water partition coefficient (Wildman–Crippen LogP) is 6.24. The van der Waals surface area contributed by atoms with Crippen LogP contribution in [-0.2, 0) is 16.8 Å². The molecule has 170 valence electrons. The highest BCUT2D eigenvalue weighted by Crippen LogP contribution is 2.44. The van der Waals surface area contributed by atoms with Crippen molar-refractivity contribution in [2.75, 3.05) is 18.6 Å². The van der Waals surface area contributed by atoms with Gasteiger partial charge in [-0.25, -0.2) is 4.79 Å². The number of fused-ring (bicyclic) bond motifs is 1. The van der Waals surface area contributed by atoms with E-state index in [-0.39, 0.29) is 5.54 Å². The fourth-order valence-corrected chi connectivity index (χ4v) is 4.80. The highest BCUT2D eigenvalue weighted by atomic mass is 16.5. The molecule has 0 aliphatic carbocycles. The molecule has 0 saturated heterocycles. The summed E-state index contributed by atoms with van der Waals surface area (Å²) in [5.74, 6) is 0.420. The van der Waals surface area contributed by atoms with E-state index in [1.807, 2.05) is 18.2 Å². The third kappa shape index (κ3) is 4.38. The van der Waals surface area contributed by atoms with Crippen LogP contribution in [0.2, 0.25) is 0 Å². The molecule has 0 saturated carbocycles. The highest BCUT2D eigenvalue weighted by molar-refractivity contribution is 5.85. The van der Waals surface area contributed by atoms with E-state index in [0.717, 1.165) is 29.8 Å². The molecule has 0 radical (unpaired) electrons. The number of carboxylic acids is 1. The number of nitrogens with zero attached hydrogens (tertiary/aromatic N) is 1. The van der Waals surface area contributed by atoms with Gasteiger partial charge in [-0.05, 0) is 77.4 Å². The lowest BCUT2D eigenvalue weighted by atomic mass is 9.76. The topological polar surface area (TPSA) is 49.8 Å². The number of methoxy groups -OCH3 is 1. The summed E-state index contributed by atoms with van der Waals surface area (Å²) in [5, 5.41) is 8.94. The maximum Gasteiger partial charge on any atom is 0.328 e. The second-order valence-corrected chi connectivity index (χ2v) is 9.04. The third-order valence-electron chi connectivity index (χ3n) is 6.74. The molecule has 4 nitrogen and oxygen atoms in total. The molecule has 0 spiro atoms. The molecule has 1 aliphatic heterocycles. The Labute approximate surface area is 196 Å². The Morgan fingerprint density at radius 1 is 1.06 bits per heavy atom. The number of carbonyl (C=O) groups is 1. The van der Waals surface area contributed by atoms with Gasteiger partial charge in [0.05, 0.1) is 12.6 Å². The lowest BCUT2D eigenvalue weighted by Crippen LogP contribution is -2.49. The van der Waals surface area contributed by atoms with Crippen molar-refractivity contribution >= 4 is 17.7 Å². The van der Waals surface area contributed by atoms with Crippen molar-refractivity contribution in [3.05, 3.63) is 101 Å².